The van der Waals surface area contributed by atoms with Gasteiger partial charge in [0.15, 0.2) is 0 Å². The Morgan fingerprint density at radius 1 is 0.966 bits per heavy atom. The molecule has 7 heteroatoms. The third kappa shape index (κ3) is 7.16. The summed E-state index contributed by atoms with van der Waals surface area (Å²) in [7, 11) is 0. The average Bonchev–Trinajstić information content (AvgIpc) is 2.71. The van der Waals surface area contributed by atoms with E-state index in [0.29, 0.717) is 18.7 Å². The third-order valence-electron chi connectivity index (χ3n) is 4.41. The quantitative estimate of drug-likeness (QED) is 0.628. The molecule has 29 heavy (non-hydrogen) atoms. The number of nitrogens with one attached hydrogen (secondary N) is 1. The van der Waals surface area contributed by atoms with Gasteiger partial charge in [-0.1, -0.05) is 31.2 Å². The fourth-order valence-corrected chi connectivity index (χ4v) is 3.79. The van der Waals surface area contributed by atoms with E-state index in [1.165, 1.54) is 36.0 Å². The van der Waals surface area contributed by atoms with Crippen molar-refractivity contribution in [2.45, 2.75) is 38.6 Å². The lowest BCUT2D eigenvalue weighted by atomic mass is 10.1. The number of halogens is 2. The van der Waals surface area contributed by atoms with Crippen LogP contribution in [0.1, 0.15) is 31.4 Å². The van der Waals surface area contributed by atoms with Gasteiger partial charge in [-0.2, -0.15) is 0 Å². The van der Waals surface area contributed by atoms with E-state index >= 15 is 0 Å². The molecule has 0 saturated carbocycles. The number of likely N-dealkylation sites (N-methyl/N-ethyl adjacent to an activating group) is 1. The fraction of sp³-hybridized carbons (Fsp3) is 0.364. The molecule has 156 valence electrons. The van der Waals surface area contributed by atoms with Crippen LogP contribution in [0.3, 0.4) is 0 Å². The topological polar surface area (TPSA) is 49.4 Å². The number of nitrogens with zero attached hydrogens (tertiary/aromatic N) is 1. The van der Waals surface area contributed by atoms with E-state index in [0.717, 1.165) is 11.1 Å². The van der Waals surface area contributed by atoms with Crippen LogP contribution in [0.2, 0.25) is 0 Å². The van der Waals surface area contributed by atoms with Crippen LogP contribution in [-0.4, -0.2) is 35.1 Å². The first-order valence-corrected chi connectivity index (χ1v) is 10.7. The molecule has 0 aliphatic carbocycles. The van der Waals surface area contributed by atoms with E-state index in [-0.39, 0.29) is 35.7 Å². The molecule has 4 nitrogen and oxygen atoms in total. The molecule has 0 spiro atoms. The van der Waals surface area contributed by atoms with Crippen molar-refractivity contribution in [2.24, 2.45) is 0 Å². The molecule has 2 aromatic rings. The highest BCUT2D eigenvalue weighted by Crippen LogP contribution is 2.18. The van der Waals surface area contributed by atoms with Crippen molar-refractivity contribution < 1.29 is 18.4 Å². The molecule has 0 heterocycles. The van der Waals surface area contributed by atoms with Crippen LogP contribution in [0, 0.1) is 11.6 Å². The summed E-state index contributed by atoms with van der Waals surface area (Å²) in [4.78, 5) is 27.0. The van der Waals surface area contributed by atoms with Gasteiger partial charge in [0.1, 0.15) is 17.7 Å². The summed E-state index contributed by atoms with van der Waals surface area (Å²) in [6.45, 7) is 4.39. The molecule has 0 aromatic heterocycles. The van der Waals surface area contributed by atoms with E-state index in [1.54, 1.807) is 29.2 Å². The number of amides is 2. The molecule has 1 unspecified atom stereocenters. The second kappa shape index (κ2) is 11.6. The molecular formula is C22H26F2N2O2S. The molecular weight excluding hydrogens is 394 g/mol. The van der Waals surface area contributed by atoms with E-state index in [4.69, 9.17) is 0 Å². The van der Waals surface area contributed by atoms with Crippen LogP contribution in [-0.2, 0) is 21.9 Å². The molecule has 0 fully saturated rings. The highest BCUT2D eigenvalue weighted by atomic mass is 32.2. The summed E-state index contributed by atoms with van der Waals surface area (Å²) in [6, 6.07) is 11.5. The van der Waals surface area contributed by atoms with Gasteiger partial charge in [-0.15, -0.1) is 11.8 Å². The van der Waals surface area contributed by atoms with Gasteiger partial charge >= 0.3 is 0 Å². The van der Waals surface area contributed by atoms with Crippen molar-refractivity contribution in [1.82, 2.24) is 10.2 Å². The van der Waals surface area contributed by atoms with E-state index in [9.17, 15) is 18.4 Å². The summed E-state index contributed by atoms with van der Waals surface area (Å²) < 4.78 is 26.2. The second-order valence-corrected chi connectivity index (χ2v) is 7.57. The zero-order chi connectivity index (χ0) is 21.2. The summed E-state index contributed by atoms with van der Waals surface area (Å²) >= 11 is 1.41. The van der Waals surface area contributed by atoms with Gasteiger partial charge in [0.2, 0.25) is 11.8 Å². The maximum atomic E-state index is 13.2. The first kappa shape index (κ1) is 22.9. The Morgan fingerprint density at radius 3 is 2.03 bits per heavy atom. The lowest BCUT2D eigenvalue weighted by Crippen LogP contribution is -2.49. The minimum absolute atomic E-state index is 0.167. The Labute approximate surface area is 174 Å². The summed E-state index contributed by atoms with van der Waals surface area (Å²) in [6.07, 6.45) is 0.474. The Hall–Kier alpha value is -2.41. The van der Waals surface area contributed by atoms with Crippen LogP contribution in [0.4, 0.5) is 8.78 Å². The Bertz CT molecular complexity index is 797. The lowest BCUT2D eigenvalue weighted by Gasteiger charge is -2.30. The van der Waals surface area contributed by atoms with Gasteiger partial charge in [-0.05, 0) is 48.7 Å². The Balaban J connectivity index is 2.08. The second-order valence-electron chi connectivity index (χ2n) is 6.59. The third-order valence-corrected chi connectivity index (χ3v) is 5.40. The molecule has 0 bridgehead atoms. The Kier molecular flexibility index (Phi) is 9.12. The SMILES string of the molecule is CCNC(=O)C(CC)N(Cc1ccc(F)cc1)C(=O)CSCc1ccc(F)cc1. The van der Waals surface area contributed by atoms with Crippen molar-refractivity contribution in [3.63, 3.8) is 0 Å². The first-order valence-electron chi connectivity index (χ1n) is 9.58. The molecule has 2 amide bonds. The summed E-state index contributed by atoms with van der Waals surface area (Å²) in [5.74, 6) is -0.262. The van der Waals surface area contributed by atoms with Gasteiger partial charge in [-0.3, -0.25) is 9.59 Å². The smallest absolute Gasteiger partial charge is 0.242 e. The lowest BCUT2D eigenvalue weighted by molar-refractivity contribution is -0.139. The molecule has 0 aliphatic rings. The van der Waals surface area contributed by atoms with Crippen molar-refractivity contribution in [3.8, 4) is 0 Å². The van der Waals surface area contributed by atoms with E-state index < -0.39 is 6.04 Å². The minimum atomic E-state index is -0.598. The van der Waals surface area contributed by atoms with Crippen molar-refractivity contribution in [3.05, 3.63) is 71.3 Å². The van der Waals surface area contributed by atoms with Crippen LogP contribution < -0.4 is 5.32 Å². The van der Waals surface area contributed by atoms with Crippen LogP contribution in [0.5, 0.6) is 0 Å². The van der Waals surface area contributed by atoms with Crippen molar-refractivity contribution in [1.29, 1.82) is 0 Å². The minimum Gasteiger partial charge on any atom is -0.355 e. The highest BCUT2D eigenvalue weighted by molar-refractivity contribution is 7.99. The maximum Gasteiger partial charge on any atom is 0.242 e. The summed E-state index contributed by atoms with van der Waals surface area (Å²) in [5, 5.41) is 2.78. The maximum absolute atomic E-state index is 13.2. The van der Waals surface area contributed by atoms with Crippen molar-refractivity contribution >= 4 is 23.6 Å². The molecule has 0 saturated heterocycles. The fourth-order valence-electron chi connectivity index (χ4n) is 2.92. The van der Waals surface area contributed by atoms with E-state index in [2.05, 4.69) is 5.32 Å². The largest absolute Gasteiger partial charge is 0.355 e. The van der Waals surface area contributed by atoms with Crippen LogP contribution >= 0.6 is 11.8 Å². The first-order chi connectivity index (χ1) is 13.9. The molecule has 2 aromatic carbocycles. The normalized spacial score (nSPS) is 11.7. The average molecular weight is 421 g/mol. The number of carbonyl (C=O) groups is 2. The number of benzene rings is 2. The van der Waals surface area contributed by atoms with Gasteiger partial charge in [0.05, 0.1) is 5.75 Å². The Morgan fingerprint density at radius 2 is 1.52 bits per heavy atom. The standard InChI is InChI=1S/C22H26F2N2O2S/c1-3-20(22(28)25-4-2)26(13-16-5-9-18(23)10-6-16)21(27)15-29-14-17-7-11-19(24)12-8-17/h5-12,20H,3-4,13-15H2,1-2H3,(H,25,28). The monoisotopic (exact) mass is 420 g/mol. The summed E-state index contributed by atoms with van der Waals surface area (Å²) in [5.41, 5.74) is 1.68. The zero-order valence-electron chi connectivity index (χ0n) is 16.7. The highest BCUT2D eigenvalue weighted by Gasteiger charge is 2.28. The predicted molar refractivity (Wildman–Crippen MR) is 112 cm³/mol. The van der Waals surface area contributed by atoms with Gasteiger partial charge in [0, 0.05) is 18.8 Å². The number of rotatable bonds is 10. The number of hydrogen-bond donors (Lipinski definition) is 1. The van der Waals surface area contributed by atoms with Gasteiger partial charge in [0.25, 0.3) is 0 Å². The van der Waals surface area contributed by atoms with Gasteiger partial charge < -0.3 is 10.2 Å². The van der Waals surface area contributed by atoms with E-state index in [1.807, 2.05) is 13.8 Å². The molecule has 0 radical (unpaired) electrons. The molecule has 2 rings (SSSR count). The van der Waals surface area contributed by atoms with Crippen molar-refractivity contribution in [2.75, 3.05) is 12.3 Å². The number of hydrogen-bond acceptors (Lipinski definition) is 3. The zero-order valence-corrected chi connectivity index (χ0v) is 17.5. The molecule has 1 atom stereocenters. The van der Waals surface area contributed by atoms with Gasteiger partial charge in [-0.25, -0.2) is 8.78 Å². The molecule has 1 N–H and O–H groups in total. The number of thioether (sulfide) groups is 1. The molecule has 0 aliphatic heterocycles. The van der Waals surface area contributed by atoms with Crippen LogP contribution in [0.15, 0.2) is 48.5 Å². The van der Waals surface area contributed by atoms with Crippen LogP contribution in [0.25, 0.3) is 0 Å². The number of carbonyl (C=O) groups excluding carboxylic acids is 2. The predicted octanol–water partition coefficient (Wildman–Crippen LogP) is 4.14.